The molecule has 0 aromatic carbocycles. The normalized spacial score (nSPS) is 8.50. The van der Waals surface area contributed by atoms with Gasteiger partial charge in [-0.25, -0.2) is 0 Å². The molecule has 0 N–H and O–H groups in total. The summed E-state index contributed by atoms with van der Waals surface area (Å²) in [5, 5.41) is 0. The first-order valence-corrected chi connectivity index (χ1v) is 2.92. The molecule has 0 aliphatic carbocycles. The van der Waals surface area contributed by atoms with Crippen molar-refractivity contribution in [3.05, 3.63) is 30.1 Å². The molecule has 0 unspecified atom stereocenters. The van der Waals surface area contributed by atoms with Crippen LogP contribution < -0.4 is 0 Å². The standard InChI is InChI=1S/C6H6NP/c8-5-6-1-3-7-4-2-6/h1-5,8H. The lowest BCUT2D eigenvalue weighted by Crippen LogP contribution is -1.74. The predicted molar refractivity (Wildman–Crippen MR) is 37.7 cm³/mol. The molecule has 0 saturated heterocycles. The fourth-order valence-electron chi connectivity index (χ4n) is 0.460. The molecule has 0 atom stereocenters. The number of nitrogens with zero attached hydrogens (tertiary/aromatic N) is 1. The van der Waals surface area contributed by atoms with Gasteiger partial charge in [-0.2, -0.15) is 0 Å². The molecule has 0 aliphatic heterocycles. The van der Waals surface area contributed by atoms with Crippen molar-refractivity contribution in [3.63, 3.8) is 0 Å². The number of aromatic nitrogens is 1. The van der Waals surface area contributed by atoms with Crippen molar-refractivity contribution in [2.45, 2.75) is 0 Å². The van der Waals surface area contributed by atoms with E-state index in [1.165, 1.54) is 0 Å². The van der Waals surface area contributed by atoms with Crippen molar-refractivity contribution >= 4 is 14.7 Å². The fourth-order valence-corrected chi connectivity index (χ4v) is 0.652. The van der Waals surface area contributed by atoms with E-state index in [2.05, 4.69) is 13.8 Å². The van der Waals surface area contributed by atoms with E-state index in [1.54, 1.807) is 12.4 Å². The van der Waals surface area contributed by atoms with Crippen LogP contribution in [0.5, 0.6) is 0 Å². The van der Waals surface area contributed by atoms with E-state index >= 15 is 0 Å². The molecule has 0 amide bonds. The summed E-state index contributed by atoms with van der Waals surface area (Å²) in [7, 11) is 3.25. The Balaban J connectivity index is 2.99. The lowest BCUT2D eigenvalue weighted by atomic mass is 10.3. The van der Waals surface area contributed by atoms with Crippen LogP contribution in [-0.4, -0.2) is 10.8 Å². The van der Waals surface area contributed by atoms with Crippen molar-refractivity contribution in [1.82, 2.24) is 4.98 Å². The highest BCUT2D eigenvalue weighted by molar-refractivity contribution is 7.19. The molecule has 1 aromatic heterocycles. The van der Waals surface area contributed by atoms with E-state index < -0.39 is 0 Å². The van der Waals surface area contributed by atoms with E-state index in [0.717, 1.165) is 5.56 Å². The number of hydrogen-bond acceptors (Lipinski definition) is 1. The van der Waals surface area contributed by atoms with Gasteiger partial charge in [0, 0.05) is 12.4 Å². The Morgan fingerprint density at radius 1 is 1.38 bits per heavy atom. The molecule has 1 rings (SSSR count). The topological polar surface area (TPSA) is 12.9 Å². The fraction of sp³-hybridized carbons (Fsp3) is 0. The van der Waals surface area contributed by atoms with Crippen LogP contribution in [-0.2, 0) is 0 Å². The summed E-state index contributed by atoms with van der Waals surface area (Å²) in [4.78, 5) is 3.85. The third-order valence-electron chi connectivity index (χ3n) is 0.873. The van der Waals surface area contributed by atoms with E-state index in [9.17, 15) is 0 Å². The van der Waals surface area contributed by atoms with Crippen LogP contribution in [0.1, 0.15) is 5.56 Å². The molecule has 0 aliphatic rings. The maximum absolute atomic E-state index is 3.85. The molecule has 0 radical (unpaired) electrons. The first-order chi connectivity index (χ1) is 3.93. The molecule has 1 heterocycles. The van der Waals surface area contributed by atoms with E-state index in [1.807, 2.05) is 17.9 Å². The molecule has 0 bridgehead atoms. The van der Waals surface area contributed by atoms with Gasteiger partial charge in [0.2, 0.25) is 0 Å². The van der Waals surface area contributed by atoms with Crippen LogP contribution in [0.15, 0.2) is 24.5 Å². The molecule has 0 fully saturated rings. The first kappa shape index (κ1) is 5.46. The summed E-state index contributed by atoms with van der Waals surface area (Å²) in [5.41, 5.74) is 1.14. The van der Waals surface area contributed by atoms with Gasteiger partial charge in [0.25, 0.3) is 0 Å². The average molecular weight is 123 g/mol. The molecule has 2 heteroatoms. The molecular formula is C6H6NP. The monoisotopic (exact) mass is 123 g/mol. The molecule has 8 heavy (non-hydrogen) atoms. The van der Waals surface area contributed by atoms with Crippen LogP contribution in [0.3, 0.4) is 0 Å². The molecule has 1 aromatic rings. The van der Waals surface area contributed by atoms with Crippen LogP contribution in [0.25, 0.3) is 0 Å². The molecule has 40 valence electrons. The maximum atomic E-state index is 3.85. The molecule has 1 nitrogen and oxygen atoms in total. The zero-order chi connectivity index (χ0) is 5.82. The number of rotatable bonds is 1. The highest BCUT2D eigenvalue weighted by atomic mass is 31.0. The van der Waals surface area contributed by atoms with Gasteiger partial charge in [0.15, 0.2) is 0 Å². The van der Waals surface area contributed by atoms with E-state index in [0.29, 0.717) is 0 Å². The maximum Gasteiger partial charge on any atom is 0.0273 e. The third-order valence-corrected chi connectivity index (χ3v) is 1.21. The lowest BCUT2D eigenvalue weighted by Gasteiger charge is -1.84. The predicted octanol–water partition coefficient (Wildman–Crippen LogP) is 1.37. The smallest absolute Gasteiger partial charge is 0.0273 e. The van der Waals surface area contributed by atoms with Crippen molar-refractivity contribution in [2.24, 2.45) is 0 Å². The van der Waals surface area contributed by atoms with Gasteiger partial charge in [0.1, 0.15) is 0 Å². The Bertz CT molecular complexity index is 171. The van der Waals surface area contributed by atoms with E-state index in [-0.39, 0.29) is 0 Å². The van der Waals surface area contributed by atoms with Gasteiger partial charge in [-0.15, -0.1) is 8.86 Å². The summed E-state index contributed by atoms with van der Waals surface area (Å²) in [6.45, 7) is 0. The van der Waals surface area contributed by atoms with Crippen molar-refractivity contribution in [1.29, 1.82) is 0 Å². The SMILES string of the molecule is P=Cc1ccncc1. The zero-order valence-electron chi connectivity index (χ0n) is 4.33. The van der Waals surface area contributed by atoms with Crippen LogP contribution in [0, 0.1) is 0 Å². The van der Waals surface area contributed by atoms with Gasteiger partial charge in [-0.3, -0.25) is 4.98 Å². The Kier molecular flexibility index (Phi) is 1.76. The Labute approximate surface area is 50.6 Å². The van der Waals surface area contributed by atoms with Gasteiger partial charge in [0.05, 0.1) is 0 Å². The van der Waals surface area contributed by atoms with Crippen molar-refractivity contribution in [3.8, 4) is 0 Å². The van der Waals surface area contributed by atoms with Gasteiger partial charge in [-0.1, -0.05) is 0 Å². The van der Waals surface area contributed by atoms with Crippen LogP contribution >= 0.6 is 8.86 Å². The Morgan fingerprint density at radius 3 is 2.38 bits per heavy atom. The third kappa shape index (κ3) is 1.14. The quantitative estimate of drug-likeness (QED) is 0.514. The highest BCUT2D eigenvalue weighted by Gasteiger charge is 1.77. The number of pyridine rings is 1. The largest absolute Gasteiger partial charge is 0.265 e. The summed E-state index contributed by atoms with van der Waals surface area (Å²) < 4.78 is 0. The van der Waals surface area contributed by atoms with Crippen molar-refractivity contribution < 1.29 is 0 Å². The summed E-state index contributed by atoms with van der Waals surface area (Å²) in [6.07, 6.45) is 3.51. The van der Waals surface area contributed by atoms with E-state index in [4.69, 9.17) is 0 Å². The minimum Gasteiger partial charge on any atom is -0.265 e. The number of hydrogen-bond donors (Lipinski definition) is 0. The van der Waals surface area contributed by atoms with Crippen LogP contribution in [0.2, 0.25) is 0 Å². The second-order valence-electron chi connectivity index (χ2n) is 1.42. The summed E-state index contributed by atoms with van der Waals surface area (Å²) in [5.74, 6) is 1.85. The minimum absolute atomic E-state index is 1.14. The Hall–Kier alpha value is -0.680. The second kappa shape index (κ2) is 2.58. The second-order valence-corrected chi connectivity index (χ2v) is 1.71. The van der Waals surface area contributed by atoms with Crippen molar-refractivity contribution in [2.75, 3.05) is 0 Å². The van der Waals surface area contributed by atoms with Gasteiger partial charge in [-0.05, 0) is 23.5 Å². The first-order valence-electron chi connectivity index (χ1n) is 2.34. The average Bonchev–Trinajstić information content (AvgIpc) is 1.90. The van der Waals surface area contributed by atoms with Crippen LogP contribution in [0.4, 0.5) is 0 Å². The Morgan fingerprint density at radius 2 is 2.00 bits per heavy atom. The zero-order valence-corrected chi connectivity index (χ0v) is 5.33. The molecule has 0 spiro atoms. The minimum atomic E-state index is 1.14. The molecular weight excluding hydrogens is 117 g/mol. The highest BCUT2D eigenvalue weighted by Crippen LogP contribution is 1.90. The van der Waals surface area contributed by atoms with Gasteiger partial charge >= 0.3 is 0 Å². The molecule has 0 saturated carbocycles. The lowest BCUT2D eigenvalue weighted by molar-refractivity contribution is 1.33. The summed E-state index contributed by atoms with van der Waals surface area (Å²) in [6, 6.07) is 3.85. The van der Waals surface area contributed by atoms with Gasteiger partial charge < -0.3 is 0 Å². The summed E-state index contributed by atoms with van der Waals surface area (Å²) >= 11 is 0.